The van der Waals surface area contributed by atoms with Crippen molar-refractivity contribution in [3.8, 4) is 0 Å². The molecular weight excluding hydrogens is 445 g/mol. The van der Waals surface area contributed by atoms with Gasteiger partial charge in [0.05, 0.1) is 18.8 Å². The molecule has 3 rings (SSSR count). The number of morpholine rings is 1. The third-order valence-electron chi connectivity index (χ3n) is 4.95. The van der Waals surface area contributed by atoms with Crippen LogP contribution >= 0.6 is 11.3 Å². The Balaban J connectivity index is 1.66. The van der Waals surface area contributed by atoms with Gasteiger partial charge >= 0.3 is 6.18 Å². The number of hydrogen-bond acceptors (Lipinski definition) is 6. The topological polar surface area (TPSA) is 74.8 Å². The molecule has 1 saturated heterocycles. The number of nitrogens with zero attached hydrogens (tertiary/aromatic N) is 3. The smallest absolute Gasteiger partial charge is 0.379 e. The van der Waals surface area contributed by atoms with Gasteiger partial charge < -0.3 is 15.0 Å². The number of thiazole rings is 1. The Kier molecular flexibility index (Phi) is 8.21. The predicted octanol–water partition coefficient (Wildman–Crippen LogP) is 3.27. The van der Waals surface area contributed by atoms with E-state index in [1.54, 1.807) is 6.20 Å². The molecule has 2 aromatic rings. The van der Waals surface area contributed by atoms with Gasteiger partial charge in [-0.05, 0) is 37.6 Å². The van der Waals surface area contributed by atoms with Gasteiger partial charge in [0.1, 0.15) is 6.54 Å². The minimum absolute atomic E-state index is 0.0993. The van der Waals surface area contributed by atoms with Crippen molar-refractivity contribution in [3.05, 3.63) is 46.5 Å². The highest BCUT2D eigenvalue weighted by Crippen LogP contribution is 2.29. The van der Waals surface area contributed by atoms with Crippen molar-refractivity contribution in [3.63, 3.8) is 0 Å². The fourth-order valence-corrected chi connectivity index (χ4v) is 3.97. The molecule has 11 heteroatoms. The molecule has 0 radical (unpaired) electrons. The summed E-state index contributed by atoms with van der Waals surface area (Å²) in [6.07, 6.45) is -2.23. The molecule has 0 saturated carbocycles. The van der Waals surface area contributed by atoms with E-state index in [-0.39, 0.29) is 12.1 Å². The second-order valence-electron chi connectivity index (χ2n) is 7.43. The van der Waals surface area contributed by atoms with E-state index in [4.69, 9.17) is 4.74 Å². The van der Waals surface area contributed by atoms with Crippen LogP contribution in [0.4, 0.5) is 18.3 Å². The van der Waals surface area contributed by atoms with Crippen molar-refractivity contribution in [2.45, 2.75) is 19.5 Å². The molecule has 0 atom stereocenters. The van der Waals surface area contributed by atoms with E-state index in [0.29, 0.717) is 31.3 Å². The fraction of sp³-hybridized carbons (Fsp3) is 0.476. The summed E-state index contributed by atoms with van der Waals surface area (Å²) in [7, 11) is 0. The molecule has 32 heavy (non-hydrogen) atoms. The summed E-state index contributed by atoms with van der Waals surface area (Å²) in [5, 5.41) is 3.10. The van der Waals surface area contributed by atoms with Crippen molar-refractivity contribution in [1.29, 1.82) is 0 Å². The lowest BCUT2D eigenvalue weighted by atomic mass is 10.1. The maximum atomic E-state index is 13.0. The lowest BCUT2D eigenvalue weighted by Crippen LogP contribution is -2.41. The van der Waals surface area contributed by atoms with Crippen LogP contribution in [0.2, 0.25) is 0 Å². The first-order chi connectivity index (χ1) is 15.2. The Labute approximate surface area is 188 Å². The van der Waals surface area contributed by atoms with E-state index in [1.807, 2.05) is 6.92 Å². The number of rotatable bonds is 8. The predicted molar refractivity (Wildman–Crippen MR) is 115 cm³/mol. The molecule has 0 aliphatic carbocycles. The van der Waals surface area contributed by atoms with Crippen LogP contribution in [-0.4, -0.2) is 72.5 Å². The number of nitrogens with one attached hydrogen (secondary N) is 1. The van der Waals surface area contributed by atoms with Crippen molar-refractivity contribution in [1.82, 2.24) is 14.8 Å². The Morgan fingerprint density at radius 3 is 2.50 bits per heavy atom. The number of benzene rings is 1. The van der Waals surface area contributed by atoms with Gasteiger partial charge in [0, 0.05) is 42.8 Å². The first kappa shape index (κ1) is 24.1. The average molecular weight is 471 g/mol. The van der Waals surface area contributed by atoms with Gasteiger partial charge in [0.2, 0.25) is 5.91 Å². The van der Waals surface area contributed by atoms with Gasteiger partial charge in [-0.15, -0.1) is 11.3 Å². The molecule has 1 N–H and O–H groups in total. The molecule has 0 unspecified atom stereocenters. The van der Waals surface area contributed by atoms with Gasteiger partial charge in [-0.25, -0.2) is 4.98 Å². The summed E-state index contributed by atoms with van der Waals surface area (Å²) < 4.78 is 43.8. The minimum atomic E-state index is -4.48. The number of aryl methyl sites for hydroxylation is 1. The number of ether oxygens (including phenoxy) is 1. The molecule has 7 nitrogen and oxygen atoms in total. The second kappa shape index (κ2) is 10.9. The zero-order chi connectivity index (χ0) is 23.1. The van der Waals surface area contributed by atoms with Crippen molar-refractivity contribution < 1.29 is 27.5 Å². The van der Waals surface area contributed by atoms with Crippen molar-refractivity contribution in [2.75, 3.05) is 51.3 Å². The molecule has 1 aromatic carbocycles. The normalized spacial score (nSPS) is 14.9. The Morgan fingerprint density at radius 2 is 1.91 bits per heavy atom. The number of hydrogen-bond donors (Lipinski definition) is 1. The zero-order valence-electron chi connectivity index (χ0n) is 17.7. The van der Waals surface area contributed by atoms with Crippen LogP contribution in [0, 0.1) is 6.92 Å². The summed E-state index contributed by atoms with van der Waals surface area (Å²) in [5.41, 5.74) is -0.730. The zero-order valence-corrected chi connectivity index (χ0v) is 18.5. The summed E-state index contributed by atoms with van der Waals surface area (Å²) in [6.45, 7) is 5.58. The highest BCUT2D eigenvalue weighted by atomic mass is 32.1. The number of carbonyl (C=O) groups is 2. The summed E-state index contributed by atoms with van der Waals surface area (Å²) >= 11 is 1.32. The van der Waals surface area contributed by atoms with E-state index >= 15 is 0 Å². The van der Waals surface area contributed by atoms with Crippen LogP contribution < -0.4 is 5.32 Å². The molecule has 174 valence electrons. The Hall–Kier alpha value is -2.50. The molecule has 2 amide bonds. The monoisotopic (exact) mass is 470 g/mol. The molecular formula is C21H25F3N4O3S. The lowest BCUT2D eigenvalue weighted by Gasteiger charge is -2.28. The standard InChI is InChI=1S/C21H25F3N4O3S/c1-15-13-25-20(32-15)26-18(29)14-28(8-2-7-27-9-11-31-12-10-27)19(30)16-3-5-17(6-4-16)21(22,23)24/h3-6,13H,2,7-12,14H2,1H3,(H,25,26,29). The molecule has 1 aliphatic heterocycles. The maximum absolute atomic E-state index is 13.0. The number of alkyl halides is 3. The van der Waals surface area contributed by atoms with Crippen LogP contribution in [0.5, 0.6) is 0 Å². The molecule has 1 fully saturated rings. The maximum Gasteiger partial charge on any atom is 0.416 e. The van der Waals surface area contributed by atoms with Crippen LogP contribution in [0.3, 0.4) is 0 Å². The first-order valence-corrected chi connectivity index (χ1v) is 11.0. The quantitative estimate of drug-likeness (QED) is 0.641. The molecule has 1 aliphatic rings. The number of aromatic nitrogens is 1. The average Bonchev–Trinajstić information content (AvgIpc) is 3.17. The summed E-state index contributed by atoms with van der Waals surface area (Å²) in [4.78, 5) is 34.1. The van der Waals surface area contributed by atoms with Gasteiger partial charge in [-0.2, -0.15) is 13.2 Å². The van der Waals surface area contributed by atoms with Crippen LogP contribution in [-0.2, 0) is 15.7 Å². The van der Waals surface area contributed by atoms with E-state index < -0.39 is 23.6 Å². The van der Waals surface area contributed by atoms with Gasteiger partial charge in [-0.1, -0.05) is 0 Å². The second-order valence-corrected chi connectivity index (χ2v) is 8.67. The van der Waals surface area contributed by atoms with E-state index in [0.717, 1.165) is 48.8 Å². The molecule has 0 bridgehead atoms. The fourth-order valence-electron chi connectivity index (χ4n) is 3.29. The third kappa shape index (κ3) is 7.01. The molecule has 1 aromatic heterocycles. The minimum Gasteiger partial charge on any atom is -0.379 e. The number of halogens is 3. The van der Waals surface area contributed by atoms with E-state index in [9.17, 15) is 22.8 Å². The number of carbonyl (C=O) groups excluding carboxylic acids is 2. The highest BCUT2D eigenvalue weighted by Gasteiger charge is 2.30. The van der Waals surface area contributed by atoms with Gasteiger partial charge in [-0.3, -0.25) is 14.5 Å². The number of amides is 2. The largest absolute Gasteiger partial charge is 0.416 e. The van der Waals surface area contributed by atoms with Gasteiger partial charge in [0.15, 0.2) is 5.13 Å². The molecule has 0 spiro atoms. The number of anilines is 1. The van der Waals surface area contributed by atoms with E-state index in [2.05, 4.69) is 15.2 Å². The van der Waals surface area contributed by atoms with E-state index in [1.165, 1.54) is 16.2 Å². The Bertz CT molecular complexity index is 912. The summed E-state index contributed by atoms with van der Waals surface area (Å²) in [5.74, 6) is -0.905. The lowest BCUT2D eigenvalue weighted by molar-refractivity contribution is -0.137. The summed E-state index contributed by atoms with van der Waals surface area (Å²) in [6, 6.07) is 4.03. The SMILES string of the molecule is Cc1cnc(NC(=O)CN(CCCN2CCOCC2)C(=O)c2ccc(C(F)(F)F)cc2)s1. The van der Waals surface area contributed by atoms with Crippen LogP contribution in [0.15, 0.2) is 30.5 Å². The Morgan fingerprint density at radius 1 is 1.22 bits per heavy atom. The van der Waals surface area contributed by atoms with Crippen molar-refractivity contribution >= 4 is 28.3 Å². The molecule has 2 heterocycles. The van der Waals surface area contributed by atoms with Crippen LogP contribution in [0.25, 0.3) is 0 Å². The highest BCUT2D eigenvalue weighted by molar-refractivity contribution is 7.15. The third-order valence-corrected chi connectivity index (χ3v) is 5.78. The van der Waals surface area contributed by atoms with Crippen LogP contribution in [0.1, 0.15) is 27.2 Å². The first-order valence-electron chi connectivity index (χ1n) is 10.2. The van der Waals surface area contributed by atoms with Crippen molar-refractivity contribution in [2.24, 2.45) is 0 Å². The van der Waals surface area contributed by atoms with Gasteiger partial charge in [0.25, 0.3) is 5.91 Å².